The van der Waals surface area contributed by atoms with Crippen LogP contribution in [0.15, 0.2) is 109 Å². The molecule has 4 aromatic rings. The molecule has 2 aliphatic rings. The highest BCUT2D eigenvalue weighted by molar-refractivity contribution is 5.96. The first-order valence-corrected chi connectivity index (χ1v) is 15.1. The molecule has 1 aliphatic heterocycles. The SMILES string of the molecule is CC[C@@H]1c2cc(N(Cc3ccccc3)Cc3ccccc3)ccc2[C@H](N(C)C)[C@H]1C(=O)N1C(=O)OC[C@H]1c1ccccc1. The Morgan fingerprint density at radius 2 is 1.40 bits per heavy atom. The fraction of sp³-hybridized carbons (Fsp3) is 0.297. The fourth-order valence-corrected chi connectivity index (χ4v) is 6.93. The zero-order valence-electron chi connectivity index (χ0n) is 25.1. The van der Waals surface area contributed by atoms with E-state index in [9.17, 15) is 9.59 Å². The maximum atomic E-state index is 14.5. The number of carbonyl (C=O) groups excluding carboxylic acids is 2. The molecular formula is C37H39N3O3. The molecule has 1 aliphatic carbocycles. The van der Waals surface area contributed by atoms with Gasteiger partial charge in [-0.25, -0.2) is 9.69 Å². The fourth-order valence-electron chi connectivity index (χ4n) is 6.93. The quantitative estimate of drug-likeness (QED) is 0.210. The predicted molar refractivity (Wildman–Crippen MR) is 170 cm³/mol. The van der Waals surface area contributed by atoms with E-state index in [1.54, 1.807) is 0 Å². The van der Waals surface area contributed by atoms with Gasteiger partial charge in [-0.15, -0.1) is 0 Å². The van der Waals surface area contributed by atoms with Crippen LogP contribution in [0.1, 0.15) is 59.2 Å². The van der Waals surface area contributed by atoms with E-state index in [2.05, 4.69) is 83.5 Å². The van der Waals surface area contributed by atoms with Crippen LogP contribution in [0.4, 0.5) is 10.5 Å². The highest BCUT2D eigenvalue weighted by Gasteiger charge is 2.51. The van der Waals surface area contributed by atoms with Crippen molar-refractivity contribution in [2.75, 3.05) is 25.6 Å². The maximum Gasteiger partial charge on any atom is 0.417 e. The summed E-state index contributed by atoms with van der Waals surface area (Å²) in [7, 11) is 4.05. The molecule has 0 radical (unpaired) electrons. The number of amides is 2. The van der Waals surface area contributed by atoms with Crippen molar-refractivity contribution >= 4 is 17.7 Å². The third-order valence-corrected chi connectivity index (χ3v) is 8.94. The number of hydrogen-bond acceptors (Lipinski definition) is 5. The monoisotopic (exact) mass is 573 g/mol. The Morgan fingerprint density at radius 3 is 1.95 bits per heavy atom. The molecule has 1 saturated heterocycles. The number of fused-ring (bicyclic) bond motifs is 1. The minimum Gasteiger partial charge on any atom is -0.446 e. The van der Waals surface area contributed by atoms with Crippen molar-refractivity contribution in [2.45, 2.75) is 44.4 Å². The topological polar surface area (TPSA) is 53.1 Å². The Morgan fingerprint density at radius 1 is 0.814 bits per heavy atom. The molecule has 2 amide bonds. The van der Waals surface area contributed by atoms with Crippen molar-refractivity contribution < 1.29 is 14.3 Å². The summed E-state index contributed by atoms with van der Waals surface area (Å²) in [5.74, 6) is -0.598. The minimum absolute atomic E-state index is 0.0324. The number of cyclic esters (lactones) is 1. The maximum absolute atomic E-state index is 14.5. The summed E-state index contributed by atoms with van der Waals surface area (Å²) in [5.41, 5.74) is 6.85. The number of benzene rings is 4. The van der Waals surface area contributed by atoms with Gasteiger partial charge < -0.3 is 14.5 Å². The van der Waals surface area contributed by atoms with Crippen LogP contribution >= 0.6 is 0 Å². The molecule has 0 spiro atoms. The second-order valence-corrected chi connectivity index (χ2v) is 11.8. The van der Waals surface area contributed by atoms with Gasteiger partial charge in [-0.1, -0.05) is 104 Å². The van der Waals surface area contributed by atoms with Gasteiger partial charge in [0.05, 0.1) is 5.92 Å². The molecule has 6 heteroatoms. The van der Waals surface area contributed by atoms with E-state index >= 15 is 0 Å². The normalized spacial score (nSPS) is 21.1. The standard InChI is InChI=1S/C37H39N3O3/c1-4-30-32-22-29(39(23-26-14-8-5-9-15-26)24-27-16-10-6-11-17-27)20-21-31(32)35(38(2)3)34(30)36(41)40-33(25-43-37(40)42)28-18-12-7-13-19-28/h5-22,30,33-35H,4,23-25H2,1-3H3/t30-,33+,34+,35+/m1/s1. The van der Waals surface area contributed by atoms with E-state index in [0.29, 0.717) is 0 Å². The molecule has 0 bridgehead atoms. The Hall–Kier alpha value is -4.42. The third kappa shape index (κ3) is 5.67. The summed E-state index contributed by atoms with van der Waals surface area (Å²) >= 11 is 0. The summed E-state index contributed by atoms with van der Waals surface area (Å²) in [6.07, 6.45) is 0.229. The molecular weight excluding hydrogens is 534 g/mol. The molecule has 0 saturated carbocycles. The lowest BCUT2D eigenvalue weighted by atomic mass is 9.86. The van der Waals surface area contributed by atoms with Gasteiger partial charge >= 0.3 is 6.09 Å². The van der Waals surface area contributed by atoms with Crippen LogP contribution in [0.2, 0.25) is 0 Å². The highest BCUT2D eigenvalue weighted by atomic mass is 16.6. The molecule has 4 atom stereocenters. The summed E-state index contributed by atoms with van der Waals surface area (Å²) < 4.78 is 5.46. The highest BCUT2D eigenvalue weighted by Crippen LogP contribution is 2.51. The van der Waals surface area contributed by atoms with Crippen LogP contribution in [-0.2, 0) is 22.6 Å². The van der Waals surface area contributed by atoms with Gasteiger partial charge in [-0.3, -0.25) is 4.79 Å². The van der Waals surface area contributed by atoms with E-state index in [1.807, 2.05) is 56.6 Å². The van der Waals surface area contributed by atoms with Gasteiger partial charge in [-0.2, -0.15) is 0 Å². The molecule has 0 N–H and O–H groups in total. The van der Waals surface area contributed by atoms with Crippen LogP contribution < -0.4 is 4.90 Å². The number of ether oxygens (including phenoxy) is 1. The molecule has 220 valence electrons. The van der Waals surface area contributed by atoms with Gasteiger partial charge in [0.2, 0.25) is 5.91 Å². The van der Waals surface area contributed by atoms with Crippen LogP contribution in [0.3, 0.4) is 0 Å². The zero-order valence-corrected chi connectivity index (χ0v) is 25.1. The summed E-state index contributed by atoms with van der Waals surface area (Å²) in [6, 6.07) is 36.9. The Kier molecular flexibility index (Phi) is 8.30. The van der Waals surface area contributed by atoms with Gasteiger partial charge in [0.25, 0.3) is 0 Å². The smallest absolute Gasteiger partial charge is 0.417 e. The molecule has 6 rings (SSSR count). The second kappa shape index (κ2) is 12.4. The second-order valence-electron chi connectivity index (χ2n) is 11.8. The van der Waals surface area contributed by atoms with Crippen LogP contribution in [-0.4, -0.2) is 42.5 Å². The lowest BCUT2D eigenvalue weighted by Crippen LogP contribution is -2.43. The van der Waals surface area contributed by atoms with Gasteiger partial charge in [0.1, 0.15) is 12.6 Å². The van der Waals surface area contributed by atoms with Gasteiger partial charge in [0, 0.05) is 24.8 Å². The molecule has 0 unspecified atom stereocenters. The third-order valence-electron chi connectivity index (χ3n) is 8.94. The minimum atomic E-state index is -0.556. The van der Waals surface area contributed by atoms with E-state index in [1.165, 1.54) is 21.6 Å². The summed E-state index contributed by atoms with van der Waals surface area (Å²) in [6.45, 7) is 3.85. The molecule has 1 fully saturated rings. The first-order valence-electron chi connectivity index (χ1n) is 15.1. The first-order chi connectivity index (χ1) is 21.0. The van der Waals surface area contributed by atoms with Crippen molar-refractivity contribution in [2.24, 2.45) is 5.92 Å². The summed E-state index contributed by atoms with van der Waals surface area (Å²) in [4.78, 5) is 33.4. The van der Waals surface area contributed by atoms with Gasteiger partial charge in [0.15, 0.2) is 0 Å². The average molecular weight is 574 g/mol. The number of rotatable bonds is 9. The Bertz CT molecular complexity index is 1520. The zero-order chi connectivity index (χ0) is 29.9. The molecule has 6 nitrogen and oxygen atoms in total. The lowest BCUT2D eigenvalue weighted by Gasteiger charge is -2.32. The first kappa shape index (κ1) is 28.7. The van der Waals surface area contributed by atoms with Crippen molar-refractivity contribution in [1.82, 2.24) is 9.80 Å². The Balaban J connectivity index is 1.37. The van der Waals surface area contributed by atoms with E-state index in [-0.39, 0.29) is 24.5 Å². The van der Waals surface area contributed by atoms with E-state index in [0.717, 1.165) is 36.3 Å². The number of anilines is 1. The molecule has 0 aromatic heterocycles. The molecule has 43 heavy (non-hydrogen) atoms. The number of imide groups is 1. The average Bonchev–Trinajstić information content (AvgIpc) is 3.59. The van der Waals surface area contributed by atoms with Crippen LogP contribution in [0.25, 0.3) is 0 Å². The van der Waals surface area contributed by atoms with Crippen molar-refractivity contribution in [3.8, 4) is 0 Å². The van der Waals surface area contributed by atoms with Gasteiger partial charge in [-0.05, 0) is 66.4 Å². The van der Waals surface area contributed by atoms with Crippen molar-refractivity contribution in [3.05, 3.63) is 137 Å². The van der Waals surface area contributed by atoms with Crippen molar-refractivity contribution in [3.63, 3.8) is 0 Å². The van der Waals surface area contributed by atoms with E-state index in [4.69, 9.17) is 4.74 Å². The largest absolute Gasteiger partial charge is 0.446 e. The lowest BCUT2D eigenvalue weighted by molar-refractivity contribution is -0.136. The Labute approximate surface area is 254 Å². The molecule has 1 heterocycles. The van der Waals surface area contributed by atoms with Crippen molar-refractivity contribution in [1.29, 1.82) is 0 Å². The van der Waals surface area contributed by atoms with Crippen LogP contribution in [0.5, 0.6) is 0 Å². The van der Waals surface area contributed by atoms with Crippen LogP contribution in [0, 0.1) is 5.92 Å². The molecule has 4 aromatic carbocycles. The number of carbonyl (C=O) groups is 2. The predicted octanol–water partition coefficient (Wildman–Crippen LogP) is 7.34. The summed E-state index contributed by atoms with van der Waals surface area (Å²) in [5, 5.41) is 0. The number of nitrogens with zero attached hydrogens (tertiary/aromatic N) is 3. The number of hydrogen-bond donors (Lipinski definition) is 0. The van der Waals surface area contributed by atoms with E-state index < -0.39 is 18.1 Å².